The fraction of sp³-hybridized carbons (Fsp3) is 0.190. The van der Waals surface area contributed by atoms with Gasteiger partial charge in [-0.1, -0.05) is 24.3 Å². The molecule has 28 heavy (non-hydrogen) atoms. The molecule has 0 saturated carbocycles. The Balaban J connectivity index is 1.62. The highest BCUT2D eigenvalue weighted by molar-refractivity contribution is 6.02. The van der Waals surface area contributed by atoms with E-state index in [4.69, 9.17) is 4.42 Å². The van der Waals surface area contributed by atoms with Gasteiger partial charge in [-0.3, -0.25) is 9.59 Å². The van der Waals surface area contributed by atoms with Gasteiger partial charge in [0, 0.05) is 12.1 Å². The van der Waals surface area contributed by atoms with Crippen molar-refractivity contribution in [1.82, 2.24) is 15.6 Å². The Labute approximate surface area is 160 Å². The average Bonchev–Trinajstić information content (AvgIpc) is 3.20. The standard InChI is InChI=1S/C21H18FN3O3/c22-16-9-4-3-8-15(16)18-12-24-21(28-18)14-7-2-1-6-13(14)19(26)25-17-10-5-11-23-20(17)27/h1-4,6-9,12,17H,5,10-11H2,(H,23,27)(H,25,26)/t17-/m1/s1. The van der Waals surface area contributed by atoms with E-state index in [1.54, 1.807) is 42.5 Å². The van der Waals surface area contributed by atoms with Crippen LogP contribution in [0.3, 0.4) is 0 Å². The second-order valence-electron chi connectivity index (χ2n) is 6.51. The number of aromatic nitrogens is 1. The van der Waals surface area contributed by atoms with Gasteiger partial charge in [-0.2, -0.15) is 0 Å². The van der Waals surface area contributed by atoms with E-state index in [1.165, 1.54) is 12.3 Å². The molecule has 1 aliphatic heterocycles. The SMILES string of the molecule is O=C(N[C@@H]1CCCNC1=O)c1ccccc1-c1ncc(-c2ccccc2F)o1. The van der Waals surface area contributed by atoms with Crippen LogP contribution in [0.5, 0.6) is 0 Å². The second kappa shape index (κ2) is 7.64. The lowest BCUT2D eigenvalue weighted by atomic mass is 10.0. The van der Waals surface area contributed by atoms with Crippen molar-refractivity contribution >= 4 is 11.8 Å². The molecule has 0 radical (unpaired) electrons. The molecule has 1 aliphatic rings. The summed E-state index contributed by atoms with van der Waals surface area (Å²) >= 11 is 0. The fourth-order valence-corrected chi connectivity index (χ4v) is 3.20. The molecule has 1 aromatic heterocycles. The third-order valence-electron chi connectivity index (χ3n) is 4.64. The lowest BCUT2D eigenvalue weighted by Gasteiger charge is -2.23. The molecular formula is C21H18FN3O3. The summed E-state index contributed by atoms with van der Waals surface area (Å²) in [5.41, 5.74) is 1.10. The van der Waals surface area contributed by atoms with E-state index in [0.717, 1.165) is 6.42 Å². The Morgan fingerprint density at radius 2 is 1.89 bits per heavy atom. The van der Waals surface area contributed by atoms with Crippen molar-refractivity contribution in [2.75, 3.05) is 6.54 Å². The maximum Gasteiger partial charge on any atom is 0.252 e. The zero-order valence-electron chi connectivity index (χ0n) is 14.9. The minimum absolute atomic E-state index is 0.185. The van der Waals surface area contributed by atoms with Crippen LogP contribution in [0.1, 0.15) is 23.2 Å². The van der Waals surface area contributed by atoms with E-state index in [0.29, 0.717) is 29.7 Å². The zero-order valence-corrected chi connectivity index (χ0v) is 14.9. The highest BCUT2D eigenvalue weighted by Crippen LogP contribution is 2.29. The van der Waals surface area contributed by atoms with Crippen LogP contribution in [-0.4, -0.2) is 29.4 Å². The van der Waals surface area contributed by atoms with Crippen molar-refractivity contribution in [2.45, 2.75) is 18.9 Å². The molecule has 2 amide bonds. The van der Waals surface area contributed by atoms with Gasteiger partial charge in [0.1, 0.15) is 11.9 Å². The molecule has 0 bridgehead atoms. The molecule has 3 aromatic rings. The number of amides is 2. The maximum atomic E-state index is 14.0. The van der Waals surface area contributed by atoms with Crippen molar-refractivity contribution in [3.05, 3.63) is 66.1 Å². The highest BCUT2D eigenvalue weighted by atomic mass is 19.1. The predicted molar refractivity (Wildman–Crippen MR) is 101 cm³/mol. The van der Waals surface area contributed by atoms with Crippen LogP contribution in [0.2, 0.25) is 0 Å². The third-order valence-corrected chi connectivity index (χ3v) is 4.64. The van der Waals surface area contributed by atoms with E-state index in [1.807, 2.05) is 0 Å². The van der Waals surface area contributed by atoms with Gasteiger partial charge in [0.05, 0.1) is 17.3 Å². The topological polar surface area (TPSA) is 84.2 Å². The lowest BCUT2D eigenvalue weighted by Crippen LogP contribution is -2.50. The fourth-order valence-electron chi connectivity index (χ4n) is 3.20. The first-order chi connectivity index (χ1) is 13.6. The molecule has 0 aliphatic carbocycles. The molecule has 0 spiro atoms. The Morgan fingerprint density at radius 1 is 1.14 bits per heavy atom. The maximum absolute atomic E-state index is 14.0. The lowest BCUT2D eigenvalue weighted by molar-refractivity contribution is -0.124. The summed E-state index contributed by atoms with van der Waals surface area (Å²) in [5, 5.41) is 5.50. The number of nitrogens with one attached hydrogen (secondary N) is 2. The average molecular weight is 379 g/mol. The predicted octanol–water partition coefficient (Wildman–Crippen LogP) is 3.16. The van der Waals surface area contributed by atoms with Crippen molar-refractivity contribution in [1.29, 1.82) is 0 Å². The molecule has 7 heteroatoms. The van der Waals surface area contributed by atoms with Gasteiger partial charge < -0.3 is 15.1 Å². The number of benzene rings is 2. The molecule has 1 atom stereocenters. The number of carbonyl (C=O) groups excluding carboxylic acids is 2. The molecule has 1 saturated heterocycles. The quantitative estimate of drug-likeness (QED) is 0.729. The van der Waals surface area contributed by atoms with E-state index >= 15 is 0 Å². The summed E-state index contributed by atoms with van der Waals surface area (Å²) < 4.78 is 19.7. The van der Waals surface area contributed by atoms with Crippen LogP contribution in [0.4, 0.5) is 4.39 Å². The van der Waals surface area contributed by atoms with Crippen LogP contribution in [0, 0.1) is 5.82 Å². The summed E-state index contributed by atoms with van der Waals surface area (Å²) in [6.07, 6.45) is 2.83. The normalized spacial score (nSPS) is 16.5. The minimum atomic E-state index is -0.562. The first-order valence-electron chi connectivity index (χ1n) is 9.02. The molecule has 2 heterocycles. The molecule has 4 rings (SSSR count). The smallest absolute Gasteiger partial charge is 0.252 e. The Morgan fingerprint density at radius 3 is 2.68 bits per heavy atom. The summed E-state index contributed by atoms with van der Waals surface area (Å²) in [5.74, 6) is -0.509. The number of carbonyl (C=O) groups is 2. The van der Waals surface area contributed by atoms with Crippen molar-refractivity contribution in [2.24, 2.45) is 0 Å². The van der Waals surface area contributed by atoms with Gasteiger partial charge in [0.15, 0.2) is 5.76 Å². The van der Waals surface area contributed by atoms with Gasteiger partial charge in [-0.15, -0.1) is 0 Å². The molecule has 6 nitrogen and oxygen atoms in total. The summed E-state index contributed by atoms with van der Waals surface area (Å²) in [4.78, 5) is 28.9. The van der Waals surface area contributed by atoms with Crippen LogP contribution >= 0.6 is 0 Å². The largest absolute Gasteiger partial charge is 0.436 e. The van der Waals surface area contributed by atoms with Gasteiger partial charge in [0.2, 0.25) is 11.8 Å². The monoisotopic (exact) mass is 379 g/mol. The Bertz CT molecular complexity index is 1030. The minimum Gasteiger partial charge on any atom is -0.436 e. The van der Waals surface area contributed by atoms with Gasteiger partial charge in [-0.25, -0.2) is 9.37 Å². The summed E-state index contributed by atoms with van der Waals surface area (Å²) in [6, 6.07) is 12.5. The summed E-state index contributed by atoms with van der Waals surface area (Å²) in [6.45, 7) is 0.622. The van der Waals surface area contributed by atoms with Crippen LogP contribution in [0.25, 0.3) is 22.8 Å². The Kier molecular flexibility index (Phi) is 4.89. The number of piperidine rings is 1. The van der Waals surface area contributed by atoms with Crippen molar-refractivity contribution in [3.8, 4) is 22.8 Å². The van der Waals surface area contributed by atoms with Gasteiger partial charge in [-0.05, 0) is 37.1 Å². The molecule has 142 valence electrons. The highest BCUT2D eigenvalue weighted by Gasteiger charge is 2.25. The number of oxazole rings is 1. The van der Waals surface area contributed by atoms with Gasteiger partial charge in [0.25, 0.3) is 5.91 Å². The molecule has 0 unspecified atom stereocenters. The van der Waals surface area contributed by atoms with Crippen LogP contribution in [-0.2, 0) is 4.79 Å². The number of halogens is 1. The summed E-state index contributed by atoms with van der Waals surface area (Å²) in [7, 11) is 0. The van der Waals surface area contributed by atoms with E-state index in [2.05, 4.69) is 15.6 Å². The van der Waals surface area contributed by atoms with E-state index in [-0.39, 0.29) is 23.5 Å². The van der Waals surface area contributed by atoms with Crippen molar-refractivity contribution in [3.63, 3.8) is 0 Å². The van der Waals surface area contributed by atoms with Gasteiger partial charge >= 0.3 is 0 Å². The van der Waals surface area contributed by atoms with Crippen molar-refractivity contribution < 1.29 is 18.4 Å². The van der Waals surface area contributed by atoms with E-state index < -0.39 is 11.9 Å². The molecule has 2 N–H and O–H groups in total. The number of hydrogen-bond donors (Lipinski definition) is 2. The zero-order chi connectivity index (χ0) is 19.5. The number of rotatable bonds is 4. The third kappa shape index (κ3) is 3.51. The number of hydrogen-bond acceptors (Lipinski definition) is 4. The van der Waals surface area contributed by atoms with E-state index in [9.17, 15) is 14.0 Å². The number of nitrogens with zero attached hydrogens (tertiary/aromatic N) is 1. The second-order valence-corrected chi connectivity index (χ2v) is 6.51. The first kappa shape index (κ1) is 17.9. The molecular weight excluding hydrogens is 361 g/mol. The van der Waals surface area contributed by atoms with Crippen LogP contribution in [0.15, 0.2) is 59.1 Å². The Hall–Kier alpha value is -3.48. The van der Waals surface area contributed by atoms with Crippen LogP contribution < -0.4 is 10.6 Å². The molecule has 2 aromatic carbocycles. The first-order valence-corrected chi connectivity index (χ1v) is 9.02. The molecule has 1 fully saturated rings.